The highest BCUT2D eigenvalue weighted by Gasteiger charge is 2.12. The third kappa shape index (κ3) is 3.11. The van der Waals surface area contributed by atoms with E-state index in [-0.39, 0.29) is 0 Å². The Morgan fingerprint density at radius 3 is 2.48 bits per heavy atom. The van der Waals surface area contributed by atoms with E-state index in [9.17, 15) is 9.59 Å². The maximum atomic E-state index is 11.0. The molecule has 116 valence electrons. The molecular weight excluding hydrogens is 328 g/mol. The first-order valence-corrected chi connectivity index (χ1v) is 8.77. The van der Waals surface area contributed by atoms with E-state index >= 15 is 0 Å². The highest BCUT2D eigenvalue weighted by molar-refractivity contribution is 7.17. The van der Waals surface area contributed by atoms with Crippen LogP contribution < -0.4 is 0 Å². The number of carbonyl (C=O) groups is 2. The summed E-state index contributed by atoms with van der Waals surface area (Å²) in [4.78, 5) is 25.0. The predicted octanol–water partition coefficient (Wildman–Crippen LogP) is 5.22. The Balaban J connectivity index is 2.01. The molecule has 2 aromatic heterocycles. The fraction of sp³-hybridized carbons (Fsp3) is 0.111. The number of aromatic carboxylic acids is 1. The Bertz CT molecular complexity index is 874. The van der Waals surface area contributed by atoms with Gasteiger partial charge in [-0.3, -0.25) is 4.79 Å². The van der Waals surface area contributed by atoms with Crippen molar-refractivity contribution in [3.63, 3.8) is 0 Å². The van der Waals surface area contributed by atoms with Crippen molar-refractivity contribution in [2.24, 2.45) is 0 Å². The van der Waals surface area contributed by atoms with Crippen molar-refractivity contribution >= 4 is 34.9 Å². The lowest BCUT2D eigenvalue weighted by Gasteiger charge is -2.08. The van der Waals surface area contributed by atoms with Crippen molar-refractivity contribution in [1.82, 2.24) is 0 Å². The summed E-state index contributed by atoms with van der Waals surface area (Å²) in [5.41, 5.74) is 3.34. The first kappa shape index (κ1) is 15.6. The van der Waals surface area contributed by atoms with E-state index in [2.05, 4.69) is 19.1 Å². The predicted molar refractivity (Wildman–Crippen MR) is 94.8 cm³/mol. The molecule has 3 nitrogen and oxygen atoms in total. The number of carboxylic acid groups (broad SMARTS) is 1. The molecule has 0 saturated heterocycles. The average Bonchev–Trinajstić information content (AvgIpc) is 3.23. The van der Waals surface area contributed by atoms with Crippen LogP contribution in [0.1, 0.15) is 31.8 Å². The van der Waals surface area contributed by atoms with E-state index in [1.165, 1.54) is 28.2 Å². The van der Waals surface area contributed by atoms with Gasteiger partial charge in [0, 0.05) is 9.75 Å². The van der Waals surface area contributed by atoms with Crippen molar-refractivity contribution in [2.45, 2.75) is 13.3 Å². The molecule has 0 atom stereocenters. The van der Waals surface area contributed by atoms with Crippen molar-refractivity contribution < 1.29 is 14.7 Å². The minimum absolute atomic E-state index is 0.344. The number of benzene rings is 1. The molecule has 0 unspecified atom stereocenters. The minimum atomic E-state index is -0.895. The van der Waals surface area contributed by atoms with Crippen LogP contribution in [0.15, 0.2) is 42.5 Å². The lowest BCUT2D eigenvalue weighted by Crippen LogP contribution is -1.89. The highest BCUT2D eigenvalue weighted by atomic mass is 32.1. The van der Waals surface area contributed by atoms with Gasteiger partial charge in [-0.05, 0) is 53.4 Å². The molecule has 0 saturated carbocycles. The molecule has 0 bridgehead atoms. The Hall–Kier alpha value is -2.24. The Labute approximate surface area is 141 Å². The third-order valence-electron chi connectivity index (χ3n) is 3.60. The molecule has 0 fully saturated rings. The first-order valence-electron chi connectivity index (χ1n) is 7.14. The maximum Gasteiger partial charge on any atom is 0.345 e. The number of hydrogen-bond donors (Lipinski definition) is 1. The summed E-state index contributed by atoms with van der Waals surface area (Å²) in [5, 5.41) is 9.05. The second-order valence-electron chi connectivity index (χ2n) is 5.01. The van der Waals surface area contributed by atoms with Crippen molar-refractivity contribution in [1.29, 1.82) is 0 Å². The van der Waals surface area contributed by atoms with E-state index in [1.54, 1.807) is 6.07 Å². The third-order valence-corrected chi connectivity index (χ3v) is 5.76. The van der Waals surface area contributed by atoms with Gasteiger partial charge in [0.2, 0.25) is 0 Å². The number of thiophene rings is 2. The molecule has 0 aliphatic rings. The van der Waals surface area contributed by atoms with Gasteiger partial charge in [-0.1, -0.05) is 19.1 Å². The molecule has 1 N–H and O–H groups in total. The van der Waals surface area contributed by atoms with Gasteiger partial charge in [0.05, 0.1) is 4.88 Å². The van der Waals surface area contributed by atoms with Crippen LogP contribution >= 0.6 is 22.7 Å². The standard InChI is InChI=1S/C18H14O3S2/c1-2-11-9-12(15-7-8-17(23-15)18(20)21)3-5-14(11)16-6-4-13(10-19)22-16/h3-10H,2H2,1H3,(H,20,21). The zero-order valence-electron chi connectivity index (χ0n) is 12.4. The van der Waals surface area contributed by atoms with Crippen molar-refractivity contribution in [3.8, 4) is 20.9 Å². The van der Waals surface area contributed by atoms with Gasteiger partial charge in [0.1, 0.15) is 4.88 Å². The summed E-state index contributed by atoms with van der Waals surface area (Å²) in [6, 6.07) is 13.4. The molecule has 0 amide bonds. The number of carbonyl (C=O) groups excluding carboxylic acids is 1. The zero-order valence-corrected chi connectivity index (χ0v) is 14.0. The summed E-state index contributed by atoms with van der Waals surface area (Å²) >= 11 is 2.76. The van der Waals surface area contributed by atoms with E-state index in [4.69, 9.17) is 5.11 Å². The molecule has 0 radical (unpaired) electrons. The minimum Gasteiger partial charge on any atom is -0.477 e. The average molecular weight is 342 g/mol. The Morgan fingerprint density at radius 2 is 1.87 bits per heavy atom. The molecule has 0 spiro atoms. The SMILES string of the molecule is CCc1cc(-c2ccc(C(=O)O)s2)ccc1-c1ccc(C=O)s1. The van der Waals surface area contributed by atoms with Gasteiger partial charge < -0.3 is 5.11 Å². The molecule has 0 aliphatic carbocycles. The molecule has 0 aliphatic heterocycles. The van der Waals surface area contributed by atoms with E-state index in [0.717, 1.165) is 38.5 Å². The number of aryl methyl sites for hydroxylation is 1. The van der Waals surface area contributed by atoms with E-state index < -0.39 is 5.97 Å². The zero-order chi connectivity index (χ0) is 16.4. The lowest BCUT2D eigenvalue weighted by molar-refractivity contribution is 0.0702. The van der Waals surface area contributed by atoms with Crippen molar-refractivity contribution in [3.05, 3.63) is 57.8 Å². The van der Waals surface area contributed by atoms with Crippen LogP contribution in [0.3, 0.4) is 0 Å². The molecule has 3 rings (SSSR count). The molecule has 2 heterocycles. The molecule has 3 aromatic rings. The fourth-order valence-corrected chi connectivity index (χ4v) is 4.17. The van der Waals surface area contributed by atoms with E-state index in [1.807, 2.05) is 24.3 Å². The number of hydrogen-bond acceptors (Lipinski definition) is 4. The van der Waals surface area contributed by atoms with Crippen LogP contribution in [0, 0.1) is 0 Å². The monoisotopic (exact) mass is 342 g/mol. The lowest BCUT2D eigenvalue weighted by atomic mass is 10.00. The fourth-order valence-electron chi connectivity index (χ4n) is 2.45. The second kappa shape index (κ2) is 6.48. The van der Waals surface area contributed by atoms with Crippen LogP contribution in [0.5, 0.6) is 0 Å². The Kier molecular flexibility index (Phi) is 4.41. The van der Waals surface area contributed by atoms with Gasteiger partial charge in [-0.25, -0.2) is 4.79 Å². The van der Waals surface area contributed by atoms with Gasteiger partial charge in [-0.15, -0.1) is 22.7 Å². The molecule has 5 heteroatoms. The summed E-state index contributed by atoms with van der Waals surface area (Å²) < 4.78 is 0. The van der Waals surface area contributed by atoms with E-state index in [0.29, 0.717) is 4.88 Å². The van der Waals surface area contributed by atoms with Crippen molar-refractivity contribution in [2.75, 3.05) is 0 Å². The molecule has 1 aromatic carbocycles. The summed E-state index contributed by atoms with van der Waals surface area (Å²) in [6.45, 7) is 2.09. The van der Waals surface area contributed by atoms with Gasteiger partial charge in [0.15, 0.2) is 6.29 Å². The smallest absolute Gasteiger partial charge is 0.345 e. The molecule has 23 heavy (non-hydrogen) atoms. The van der Waals surface area contributed by atoms with Gasteiger partial charge >= 0.3 is 5.97 Å². The van der Waals surface area contributed by atoms with Gasteiger partial charge in [0.25, 0.3) is 0 Å². The summed E-state index contributed by atoms with van der Waals surface area (Å²) in [6.07, 6.45) is 1.74. The maximum absolute atomic E-state index is 11.0. The Morgan fingerprint density at radius 1 is 1.09 bits per heavy atom. The number of aldehydes is 1. The van der Waals surface area contributed by atoms with Crippen LogP contribution in [-0.2, 0) is 6.42 Å². The van der Waals surface area contributed by atoms with Gasteiger partial charge in [-0.2, -0.15) is 0 Å². The summed E-state index contributed by atoms with van der Waals surface area (Å²) in [5.74, 6) is -0.895. The first-order chi connectivity index (χ1) is 11.1. The topological polar surface area (TPSA) is 54.4 Å². The number of carboxylic acids is 1. The summed E-state index contributed by atoms with van der Waals surface area (Å²) in [7, 11) is 0. The largest absolute Gasteiger partial charge is 0.477 e. The van der Waals surface area contributed by atoms with Crippen LogP contribution in [-0.4, -0.2) is 17.4 Å². The normalized spacial score (nSPS) is 10.7. The number of rotatable bonds is 5. The van der Waals surface area contributed by atoms with Crippen LogP contribution in [0.4, 0.5) is 0 Å². The molecular formula is C18H14O3S2. The second-order valence-corrected chi connectivity index (χ2v) is 7.21. The van der Waals surface area contributed by atoms with Crippen LogP contribution in [0.2, 0.25) is 0 Å². The quantitative estimate of drug-likeness (QED) is 0.647. The van der Waals surface area contributed by atoms with Crippen LogP contribution in [0.25, 0.3) is 20.9 Å². The highest BCUT2D eigenvalue weighted by Crippen LogP contribution is 2.35.